The first-order chi connectivity index (χ1) is 15.6. The molecule has 2 fully saturated rings. The van der Waals surface area contributed by atoms with Gasteiger partial charge in [-0.05, 0) is 30.9 Å². The molecule has 3 atom stereocenters. The zero-order valence-electron chi connectivity index (χ0n) is 17.7. The molecule has 32 heavy (non-hydrogen) atoms. The Bertz CT molecular complexity index is 1270. The van der Waals surface area contributed by atoms with Gasteiger partial charge in [-0.15, -0.1) is 0 Å². The third-order valence-corrected chi connectivity index (χ3v) is 7.89. The van der Waals surface area contributed by atoms with E-state index in [1.54, 1.807) is 35.0 Å². The van der Waals surface area contributed by atoms with Crippen LogP contribution in [0.2, 0.25) is 0 Å². The molecule has 0 bridgehead atoms. The molecule has 166 valence electrons. The molecule has 0 amide bonds. The molecule has 0 aliphatic carbocycles. The SMILES string of the molecule is CC1CN(S(=O)c2ccccc2C#N)CC1c1nn2c(C3CCOCC3)ncc2c(=O)[nH]1. The van der Waals surface area contributed by atoms with Crippen molar-refractivity contribution in [2.75, 3.05) is 26.3 Å². The summed E-state index contributed by atoms with van der Waals surface area (Å²) in [5.74, 6) is 1.62. The fourth-order valence-electron chi connectivity index (χ4n) is 4.60. The fourth-order valence-corrected chi connectivity index (χ4v) is 6.04. The average molecular weight is 453 g/mol. The van der Waals surface area contributed by atoms with Crippen molar-refractivity contribution < 1.29 is 8.95 Å². The van der Waals surface area contributed by atoms with Crippen LogP contribution in [-0.4, -0.2) is 54.4 Å². The van der Waals surface area contributed by atoms with E-state index < -0.39 is 11.0 Å². The normalized spacial score (nSPS) is 23.4. The van der Waals surface area contributed by atoms with Crippen molar-refractivity contribution in [2.24, 2.45) is 5.92 Å². The summed E-state index contributed by atoms with van der Waals surface area (Å²) in [6.45, 7) is 4.48. The number of ether oxygens (including phenoxy) is 1. The van der Waals surface area contributed by atoms with Gasteiger partial charge in [0.2, 0.25) is 0 Å². The lowest BCUT2D eigenvalue weighted by molar-refractivity contribution is 0.0832. The second-order valence-corrected chi connectivity index (χ2v) is 9.88. The van der Waals surface area contributed by atoms with Gasteiger partial charge in [0.25, 0.3) is 5.56 Å². The molecule has 1 N–H and O–H groups in total. The monoisotopic (exact) mass is 452 g/mol. The van der Waals surface area contributed by atoms with E-state index >= 15 is 0 Å². The Morgan fingerprint density at radius 3 is 2.81 bits per heavy atom. The number of imidazole rings is 1. The van der Waals surface area contributed by atoms with E-state index in [-0.39, 0.29) is 23.3 Å². The van der Waals surface area contributed by atoms with E-state index in [1.165, 1.54) is 0 Å². The maximum absolute atomic E-state index is 13.2. The van der Waals surface area contributed by atoms with Crippen LogP contribution in [0.1, 0.15) is 48.8 Å². The number of nitrogens with one attached hydrogen (secondary N) is 1. The molecule has 1 aromatic carbocycles. The van der Waals surface area contributed by atoms with E-state index in [1.807, 2.05) is 4.31 Å². The standard InChI is InChI=1S/C22H24N6O3S/c1-14-12-27(32(30)19-5-3-2-4-16(19)10-23)13-17(14)20-25-22(29)18-11-24-21(28(18)26-20)15-6-8-31-9-7-15/h2-5,11,14-15,17H,6-9,12-13H2,1H3,(H,25,26,29). The van der Waals surface area contributed by atoms with Crippen LogP contribution in [0.25, 0.3) is 5.52 Å². The molecule has 5 rings (SSSR count). The van der Waals surface area contributed by atoms with Gasteiger partial charge in [-0.25, -0.2) is 18.0 Å². The highest BCUT2D eigenvalue weighted by atomic mass is 32.2. The number of aromatic nitrogens is 4. The minimum absolute atomic E-state index is 0.0877. The van der Waals surface area contributed by atoms with Crippen LogP contribution >= 0.6 is 0 Å². The minimum atomic E-state index is -1.46. The quantitative estimate of drug-likeness (QED) is 0.647. The van der Waals surface area contributed by atoms with Gasteiger partial charge in [0.05, 0.1) is 16.7 Å². The van der Waals surface area contributed by atoms with Gasteiger partial charge in [0.15, 0.2) is 5.52 Å². The van der Waals surface area contributed by atoms with Crippen molar-refractivity contribution in [3.8, 4) is 6.07 Å². The van der Waals surface area contributed by atoms with Gasteiger partial charge in [0, 0.05) is 38.1 Å². The Balaban J connectivity index is 1.46. The van der Waals surface area contributed by atoms with Crippen LogP contribution in [0.5, 0.6) is 0 Å². The molecule has 4 heterocycles. The average Bonchev–Trinajstić information content (AvgIpc) is 3.43. The van der Waals surface area contributed by atoms with Crippen molar-refractivity contribution in [3.05, 3.63) is 58.0 Å². The Labute approximate surface area is 187 Å². The zero-order chi connectivity index (χ0) is 22.2. The summed E-state index contributed by atoms with van der Waals surface area (Å²) >= 11 is 0. The molecule has 0 spiro atoms. The number of fused-ring (bicyclic) bond motifs is 1. The van der Waals surface area contributed by atoms with Crippen LogP contribution in [-0.2, 0) is 15.7 Å². The molecular weight excluding hydrogens is 428 g/mol. The van der Waals surface area contributed by atoms with Crippen LogP contribution in [0.15, 0.2) is 40.2 Å². The summed E-state index contributed by atoms with van der Waals surface area (Å²) in [4.78, 5) is 20.7. The summed E-state index contributed by atoms with van der Waals surface area (Å²) < 4.78 is 22.2. The Morgan fingerprint density at radius 1 is 1.25 bits per heavy atom. The molecule has 0 saturated carbocycles. The molecule has 10 heteroatoms. The molecule has 2 saturated heterocycles. The predicted octanol–water partition coefficient (Wildman–Crippen LogP) is 1.94. The lowest BCUT2D eigenvalue weighted by Crippen LogP contribution is -2.25. The van der Waals surface area contributed by atoms with Gasteiger partial charge in [-0.2, -0.15) is 10.4 Å². The second kappa shape index (κ2) is 8.58. The van der Waals surface area contributed by atoms with Crippen molar-refractivity contribution in [1.29, 1.82) is 5.26 Å². The van der Waals surface area contributed by atoms with Crippen molar-refractivity contribution in [1.82, 2.24) is 23.9 Å². The van der Waals surface area contributed by atoms with E-state index in [4.69, 9.17) is 9.84 Å². The van der Waals surface area contributed by atoms with E-state index in [2.05, 4.69) is 23.0 Å². The first kappa shape index (κ1) is 21.0. The summed E-state index contributed by atoms with van der Waals surface area (Å²) in [7, 11) is -1.46. The number of H-pyrrole nitrogens is 1. The molecule has 9 nitrogen and oxygen atoms in total. The largest absolute Gasteiger partial charge is 0.381 e. The van der Waals surface area contributed by atoms with Gasteiger partial charge < -0.3 is 9.72 Å². The topological polar surface area (TPSA) is 116 Å². The smallest absolute Gasteiger partial charge is 0.276 e. The third kappa shape index (κ3) is 3.66. The van der Waals surface area contributed by atoms with Crippen LogP contribution in [0.4, 0.5) is 0 Å². The first-order valence-corrected chi connectivity index (χ1v) is 11.9. The Hall–Kier alpha value is -2.87. The number of benzene rings is 1. The van der Waals surface area contributed by atoms with Crippen LogP contribution in [0, 0.1) is 17.2 Å². The van der Waals surface area contributed by atoms with Gasteiger partial charge in [-0.1, -0.05) is 19.1 Å². The highest BCUT2D eigenvalue weighted by Gasteiger charge is 2.37. The second-order valence-electron chi connectivity index (χ2n) is 8.43. The van der Waals surface area contributed by atoms with E-state index in [0.717, 1.165) is 18.7 Å². The van der Waals surface area contributed by atoms with Crippen molar-refractivity contribution in [3.63, 3.8) is 0 Å². The van der Waals surface area contributed by atoms with Crippen LogP contribution < -0.4 is 5.56 Å². The minimum Gasteiger partial charge on any atom is -0.381 e. The number of aromatic amines is 1. The summed E-state index contributed by atoms with van der Waals surface area (Å²) in [5, 5.41) is 14.2. The number of nitrogens with zero attached hydrogens (tertiary/aromatic N) is 5. The number of rotatable bonds is 4. The maximum Gasteiger partial charge on any atom is 0.276 e. The van der Waals surface area contributed by atoms with E-state index in [0.29, 0.717) is 48.1 Å². The lowest BCUT2D eigenvalue weighted by atomic mass is 9.97. The molecule has 0 radical (unpaired) electrons. The maximum atomic E-state index is 13.2. The number of hydrogen-bond acceptors (Lipinski definition) is 6. The van der Waals surface area contributed by atoms with Gasteiger partial charge in [0.1, 0.15) is 28.7 Å². The van der Waals surface area contributed by atoms with Crippen molar-refractivity contribution >= 4 is 16.5 Å². The summed E-state index contributed by atoms with van der Waals surface area (Å²) in [6.07, 6.45) is 3.29. The number of hydrogen-bond donors (Lipinski definition) is 1. The van der Waals surface area contributed by atoms with Crippen molar-refractivity contribution in [2.45, 2.75) is 36.5 Å². The van der Waals surface area contributed by atoms with Crippen LogP contribution in [0.3, 0.4) is 0 Å². The highest BCUT2D eigenvalue weighted by Crippen LogP contribution is 2.33. The molecule has 2 aliphatic rings. The third-order valence-electron chi connectivity index (χ3n) is 6.39. The molecule has 3 aromatic rings. The van der Waals surface area contributed by atoms with E-state index in [9.17, 15) is 14.3 Å². The van der Waals surface area contributed by atoms with Gasteiger partial charge in [-0.3, -0.25) is 4.79 Å². The number of nitriles is 1. The van der Waals surface area contributed by atoms with Gasteiger partial charge >= 0.3 is 0 Å². The summed E-state index contributed by atoms with van der Waals surface area (Å²) in [6, 6.07) is 9.07. The molecular formula is C22H24N6O3S. The molecule has 2 aromatic heterocycles. The Morgan fingerprint density at radius 2 is 2.03 bits per heavy atom. The molecule has 3 unspecified atom stereocenters. The Kier molecular flexibility index (Phi) is 5.63. The fraction of sp³-hybridized carbons (Fsp3) is 0.455. The predicted molar refractivity (Wildman–Crippen MR) is 117 cm³/mol. The highest BCUT2D eigenvalue weighted by molar-refractivity contribution is 7.82. The zero-order valence-corrected chi connectivity index (χ0v) is 18.5. The lowest BCUT2D eigenvalue weighted by Gasteiger charge is -2.21. The molecule has 2 aliphatic heterocycles. The first-order valence-electron chi connectivity index (χ1n) is 10.8. The summed E-state index contributed by atoms with van der Waals surface area (Å²) in [5.41, 5.74) is 0.626.